The number of primary amides is 1. The largest absolute Gasteiger partial charge is 0.491 e. The van der Waals surface area contributed by atoms with Crippen LogP contribution >= 0.6 is 0 Å². The van der Waals surface area contributed by atoms with Crippen LogP contribution in [0.1, 0.15) is 65.5 Å². The molecule has 4 rings (SSSR count). The molecule has 7 N–H and O–H groups in total. The van der Waals surface area contributed by atoms with Crippen molar-refractivity contribution in [3.05, 3.63) is 58.4 Å². The first-order chi connectivity index (χ1) is 19.0. The van der Waals surface area contributed by atoms with E-state index in [9.17, 15) is 33.6 Å². The highest BCUT2D eigenvalue weighted by atomic mass is 19.1. The minimum atomic E-state index is -1.17. The van der Waals surface area contributed by atoms with Crippen molar-refractivity contribution >= 4 is 48.9 Å². The van der Waals surface area contributed by atoms with Crippen LogP contribution in [0.25, 0.3) is 0 Å². The highest BCUT2D eigenvalue weighted by molar-refractivity contribution is 6.62. The highest BCUT2D eigenvalue weighted by Crippen LogP contribution is 2.15. The van der Waals surface area contributed by atoms with E-state index < -0.39 is 38.0 Å². The molecule has 0 unspecified atom stereocenters. The summed E-state index contributed by atoms with van der Waals surface area (Å²) in [5.41, 5.74) is 7.36. The van der Waals surface area contributed by atoms with Crippen LogP contribution < -0.4 is 27.3 Å². The van der Waals surface area contributed by atoms with Crippen molar-refractivity contribution in [2.24, 2.45) is 5.73 Å². The van der Waals surface area contributed by atoms with E-state index in [1.807, 2.05) is 13.8 Å². The van der Waals surface area contributed by atoms with Crippen LogP contribution in [-0.2, 0) is 32.1 Å². The van der Waals surface area contributed by atoms with Crippen molar-refractivity contribution < 1.29 is 48.0 Å². The minimum absolute atomic E-state index is 0.0153. The Hall–Kier alpha value is -3.78. The van der Waals surface area contributed by atoms with E-state index in [-0.39, 0.29) is 54.4 Å². The Labute approximate surface area is 231 Å². The lowest BCUT2D eigenvalue weighted by Crippen LogP contribution is -2.38. The zero-order chi connectivity index (χ0) is 30.0. The fraction of sp³-hybridized carbons (Fsp3) is 0.360. The van der Waals surface area contributed by atoms with Crippen molar-refractivity contribution in [2.45, 2.75) is 52.9 Å². The van der Waals surface area contributed by atoms with Gasteiger partial charge in [-0.2, -0.15) is 0 Å². The number of hydrogen-bond acceptors (Lipinski definition) is 8. The van der Waals surface area contributed by atoms with E-state index in [4.69, 9.17) is 20.1 Å². The fourth-order valence-electron chi connectivity index (χ4n) is 3.80. The molecule has 1 atom stereocenters. The molecule has 214 valence electrons. The molecule has 40 heavy (non-hydrogen) atoms. The summed E-state index contributed by atoms with van der Waals surface area (Å²) >= 11 is 0. The van der Waals surface area contributed by atoms with E-state index in [2.05, 4.69) is 10.6 Å². The third-order valence-corrected chi connectivity index (χ3v) is 5.77. The smallest absolute Gasteiger partial charge is 0.481 e. The van der Waals surface area contributed by atoms with Gasteiger partial charge in [-0.15, -0.1) is 0 Å². The molecule has 15 heteroatoms. The first kappa shape index (κ1) is 32.4. The molecule has 0 saturated heterocycles. The number of benzene rings is 2. The number of nitrogens with two attached hydrogens (primary N) is 1. The lowest BCUT2D eigenvalue weighted by atomic mass is 9.78. The van der Waals surface area contributed by atoms with Crippen molar-refractivity contribution in [1.82, 2.24) is 10.6 Å². The minimum Gasteiger partial charge on any atom is -0.481 e. The molecule has 2 heterocycles. The van der Waals surface area contributed by atoms with Gasteiger partial charge in [0, 0.05) is 35.7 Å². The normalized spacial score (nSPS) is 13.6. The van der Waals surface area contributed by atoms with Crippen LogP contribution in [0.5, 0.6) is 0 Å². The lowest BCUT2D eigenvalue weighted by Gasteiger charge is -2.14. The van der Waals surface area contributed by atoms with Crippen molar-refractivity contribution in [2.75, 3.05) is 6.54 Å². The highest BCUT2D eigenvalue weighted by Gasteiger charge is 2.31. The molecular weight excluding hydrogens is 527 g/mol. The molecule has 2 aromatic rings. The molecule has 2 aliphatic rings. The summed E-state index contributed by atoms with van der Waals surface area (Å²) in [4.78, 5) is 45.0. The van der Waals surface area contributed by atoms with Gasteiger partial charge in [0.2, 0.25) is 11.8 Å². The Bertz CT molecular complexity index is 1250. The molecule has 0 bridgehead atoms. The molecule has 0 saturated carbocycles. The average molecular weight is 559 g/mol. The summed E-state index contributed by atoms with van der Waals surface area (Å²) in [6.07, 6.45) is -0.103. The molecule has 0 radical (unpaired) electrons. The van der Waals surface area contributed by atoms with Gasteiger partial charge in [-0.25, -0.2) is 4.39 Å². The Morgan fingerprint density at radius 2 is 1.65 bits per heavy atom. The van der Waals surface area contributed by atoms with Crippen LogP contribution in [0.15, 0.2) is 30.3 Å². The summed E-state index contributed by atoms with van der Waals surface area (Å²) < 4.78 is 23.2. The molecule has 12 nitrogen and oxygen atoms in total. The van der Waals surface area contributed by atoms with Gasteiger partial charge in [0.1, 0.15) is 5.82 Å². The van der Waals surface area contributed by atoms with Gasteiger partial charge in [0.15, 0.2) is 0 Å². The number of nitrogens with one attached hydrogen (secondary N) is 2. The Balaban J connectivity index is 0.000000296. The molecule has 3 amide bonds. The second-order valence-corrected chi connectivity index (χ2v) is 8.70. The number of hydrogen-bond donors (Lipinski definition) is 6. The standard InChI is InChI=1S/C15H19BN2O6.C8H7BFNO3.C2H6/c1-9(6-13(19)17-5-4-14(20)21)18-15(22)10-2-3-11-8-24-16(23)12(11)7-10;10-7-2-4(8(11)12)1-6-5(7)3-14-9(6)13;1-2/h2-3,7,9,23H,4-6,8H2,1H3,(H,17,19)(H,18,22)(H,20,21);1-2,13H,3H2,(H2,11,12);1-2H3/t9-;;/m0../s1. The van der Waals surface area contributed by atoms with Gasteiger partial charge in [-0.05, 0) is 47.7 Å². The lowest BCUT2D eigenvalue weighted by molar-refractivity contribution is -0.136. The molecule has 2 aromatic carbocycles. The topological polar surface area (TPSA) is 198 Å². The summed E-state index contributed by atoms with van der Waals surface area (Å²) in [6.45, 7) is 6.06. The monoisotopic (exact) mass is 559 g/mol. The predicted molar refractivity (Wildman–Crippen MR) is 144 cm³/mol. The molecule has 0 aromatic heterocycles. The van der Waals surface area contributed by atoms with Crippen LogP contribution in [0, 0.1) is 5.82 Å². The van der Waals surface area contributed by atoms with E-state index >= 15 is 0 Å². The average Bonchev–Trinajstić information content (AvgIpc) is 3.47. The molecule has 0 fully saturated rings. The van der Waals surface area contributed by atoms with Gasteiger partial charge in [0.25, 0.3) is 5.91 Å². The Morgan fingerprint density at radius 3 is 2.30 bits per heavy atom. The molecule has 0 spiro atoms. The number of fused-ring (bicyclic) bond motifs is 2. The Kier molecular flexibility index (Phi) is 12.3. The fourth-order valence-corrected chi connectivity index (χ4v) is 3.80. The second-order valence-electron chi connectivity index (χ2n) is 8.70. The van der Waals surface area contributed by atoms with Gasteiger partial charge >= 0.3 is 20.2 Å². The van der Waals surface area contributed by atoms with Gasteiger partial charge < -0.3 is 40.8 Å². The summed E-state index contributed by atoms with van der Waals surface area (Å²) in [7, 11) is -2.19. The number of halogens is 1. The summed E-state index contributed by atoms with van der Waals surface area (Å²) in [5, 5.41) is 32.6. The zero-order valence-corrected chi connectivity index (χ0v) is 22.4. The third-order valence-electron chi connectivity index (χ3n) is 5.77. The SMILES string of the molecule is CC.C[C@@H](CC(=O)NCCC(=O)O)NC(=O)c1ccc2c(c1)B(O)OC2.NC(=O)c1cc(F)c2c(c1)B(O)OC2. The first-order valence-corrected chi connectivity index (χ1v) is 12.6. The first-order valence-electron chi connectivity index (χ1n) is 12.6. The third kappa shape index (κ3) is 8.88. The summed E-state index contributed by atoms with van der Waals surface area (Å²) in [5.74, 6) is -2.98. The number of carboxylic acids is 1. The maximum atomic E-state index is 13.3. The predicted octanol–water partition coefficient (Wildman–Crippen LogP) is -0.828. The number of carbonyl (C=O) groups excluding carboxylic acids is 3. The number of carboxylic acid groups (broad SMARTS) is 1. The zero-order valence-electron chi connectivity index (χ0n) is 22.4. The maximum absolute atomic E-state index is 13.3. The van der Waals surface area contributed by atoms with Crippen molar-refractivity contribution in [1.29, 1.82) is 0 Å². The Morgan fingerprint density at radius 1 is 1.02 bits per heavy atom. The van der Waals surface area contributed by atoms with E-state index in [1.165, 1.54) is 6.07 Å². The van der Waals surface area contributed by atoms with E-state index in [0.717, 1.165) is 11.6 Å². The maximum Gasteiger partial charge on any atom is 0.491 e. The van der Waals surface area contributed by atoms with Crippen LogP contribution in [-0.4, -0.2) is 65.7 Å². The second kappa shape index (κ2) is 15.1. The van der Waals surface area contributed by atoms with Crippen molar-refractivity contribution in [3.8, 4) is 0 Å². The van der Waals surface area contributed by atoms with Gasteiger partial charge in [-0.3, -0.25) is 19.2 Å². The van der Waals surface area contributed by atoms with Crippen LogP contribution in [0.4, 0.5) is 4.39 Å². The number of carbonyl (C=O) groups is 4. The molecule has 0 aliphatic carbocycles. The van der Waals surface area contributed by atoms with Gasteiger partial charge in [-0.1, -0.05) is 19.9 Å². The number of amides is 3. The van der Waals surface area contributed by atoms with E-state index in [1.54, 1.807) is 25.1 Å². The van der Waals surface area contributed by atoms with Crippen LogP contribution in [0.3, 0.4) is 0 Å². The van der Waals surface area contributed by atoms with Gasteiger partial charge in [0.05, 0.1) is 19.6 Å². The van der Waals surface area contributed by atoms with Crippen LogP contribution in [0.2, 0.25) is 0 Å². The molecular formula is C25H32B2FN3O9. The molecule has 2 aliphatic heterocycles. The van der Waals surface area contributed by atoms with Crippen molar-refractivity contribution in [3.63, 3.8) is 0 Å². The number of rotatable bonds is 8. The quantitative estimate of drug-likeness (QED) is 0.224. The summed E-state index contributed by atoms with van der Waals surface area (Å²) in [6, 6.07) is 6.90. The number of aliphatic carboxylic acids is 1. The van der Waals surface area contributed by atoms with E-state index in [0.29, 0.717) is 17.6 Å².